The number of Topliss-reactive ketones (excluding diaryl/α,β-unsaturated/α-hetero) is 1. The number of benzene rings is 2. The number of carbonyl (C=O) groups is 3. The number of hydrogen-bond donors (Lipinski definition) is 5. The molecule has 3 aromatic rings. The van der Waals surface area contributed by atoms with Gasteiger partial charge in [0.1, 0.15) is 12.1 Å². The number of nitrogens with zero attached hydrogens (tertiary/aromatic N) is 2. The molecule has 3 atom stereocenters. The van der Waals surface area contributed by atoms with Crippen LogP contribution in [0.3, 0.4) is 0 Å². The van der Waals surface area contributed by atoms with E-state index in [-0.39, 0.29) is 56.9 Å². The molecule has 0 saturated heterocycles. The van der Waals surface area contributed by atoms with E-state index in [2.05, 4.69) is 10.3 Å². The average molecular weight is 589 g/mol. The maximum atomic E-state index is 13.4. The van der Waals surface area contributed by atoms with E-state index in [1.807, 2.05) is 18.2 Å². The molecule has 0 bridgehead atoms. The Morgan fingerprint density at radius 1 is 1.00 bits per heavy atom. The van der Waals surface area contributed by atoms with Crippen LogP contribution in [0.1, 0.15) is 35.6 Å². The molecule has 1 aromatic heterocycles. The summed E-state index contributed by atoms with van der Waals surface area (Å²) in [5.41, 5.74) is 17.4. The average Bonchev–Trinajstić information content (AvgIpc) is 2.97. The van der Waals surface area contributed by atoms with Crippen molar-refractivity contribution in [2.45, 2.75) is 43.6 Å². The van der Waals surface area contributed by atoms with Crippen molar-refractivity contribution < 1.29 is 32.7 Å². The van der Waals surface area contributed by atoms with Gasteiger partial charge in [-0.1, -0.05) is 30.3 Å². The Kier molecular flexibility index (Phi) is 11.5. The first-order valence-corrected chi connectivity index (χ1v) is 13.4. The molecule has 226 valence electrons. The molecule has 0 aliphatic rings. The number of amides is 2. The van der Waals surface area contributed by atoms with E-state index in [0.717, 1.165) is 29.7 Å². The fourth-order valence-corrected chi connectivity index (χ4v) is 4.42. The number of halogens is 3. The number of para-hydroxylation sites is 1. The van der Waals surface area contributed by atoms with Crippen LogP contribution in [0.25, 0.3) is 10.9 Å². The lowest BCUT2D eigenvalue weighted by Crippen LogP contribution is -2.51. The number of aliphatic hydroxyl groups excluding tert-OH is 1. The number of ketones is 1. The van der Waals surface area contributed by atoms with Gasteiger partial charge in [0.15, 0.2) is 5.78 Å². The topological polar surface area (TPSA) is 178 Å². The summed E-state index contributed by atoms with van der Waals surface area (Å²) >= 11 is 0. The third-order valence-electron chi connectivity index (χ3n) is 6.72. The van der Waals surface area contributed by atoms with Crippen LogP contribution >= 0.6 is 0 Å². The van der Waals surface area contributed by atoms with Gasteiger partial charge in [-0.25, -0.2) is 0 Å². The summed E-state index contributed by atoms with van der Waals surface area (Å²) < 4.78 is 39.2. The predicted octanol–water partition coefficient (Wildman–Crippen LogP) is 1.44. The second-order valence-corrected chi connectivity index (χ2v) is 9.83. The Bertz CT molecular complexity index is 1360. The normalized spacial score (nSPS) is 13.8. The summed E-state index contributed by atoms with van der Waals surface area (Å²) in [5.74, 6) is -1.73. The first-order chi connectivity index (χ1) is 19.9. The molecule has 0 fully saturated rings. The highest BCUT2D eigenvalue weighted by Crippen LogP contribution is 2.30. The van der Waals surface area contributed by atoms with Crippen molar-refractivity contribution in [3.8, 4) is 0 Å². The second kappa shape index (κ2) is 14.8. The summed E-state index contributed by atoms with van der Waals surface area (Å²) in [4.78, 5) is 44.8. The number of rotatable bonds is 14. The minimum Gasteiger partial charge on any atom is -0.386 e. The van der Waals surface area contributed by atoms with E-state index in [0.29, 0.717) is 11.1 Å². The van der Waals surface area contributed by atoms with Crippen LogP contribution in [0.4, 0.5) is 13.2 Å². The first kappa shape index (κ1) is 32.6. The second-order valence-electron chi connectivity index (χ2n) is 9.83. The van der Waals surface area contributed by atoms with Gasteiger partial charge in [-0.05, 0) is 41.8 Å². The Morgan fingerprint density at radius 3 is 2.26 bits per heavy atom. The van der Waals surface area contributed by atoms with Gasteiger partial charge < -0.3 is 32.5 Å². The van der Waals surface area contributed by atoms with Crippen molar-refractivity contribution in [2.75, 3.05) is 26.2 Å². The lowest BCUT2D eigenvalue weighted by atomic mass is 9.94. The Morgan fingerprint density at radius 2 is 1.64 bits per heavy atom. The minimum absolute atomic E-state index is 0.0127. The Labute approximate surface area is 241 Å². The van der Waals surface area contributed by atoms with Crippen LogP contribution in [0, 0.1) is 0 Å². The van der Waals surface area contributed by atoms with Crippen molar-refractivity contribution in [3.05, 3.63) is 77.5 Å². The number of aromatic nitrogens is 1. The number of alkyl halides is 3. The molecular weight excluding hydrogens is 553 g/mol. The fraction of sp³-hybridized carbons (Fsp3) is 0.379. The molecule has 42 heavy (non-hydrogen) atoms. The SMILES string of the molecule is NCCN(CCN)C(=O)CC[C@H](N)C(=O)N[C@H](C(=O)Cc1cnc2ccccc2c1)[C@H](O)c1ccc(C(F)(F)F)cc1. The minimum atomic E-state index is -4.59. The third-order valence-corrected chi connectivity index (χ3v) is 6.72. The van der Waals surface area contributed by atoms with Gasteiger partial charge in [-0.15, -0.1) is 0 Å². The Hall–Kier alpha value is -3.91. The monoisotopic (exact) mass is 588 g/mol. The molecular formula is C29H35F3N6O4. The maximum absolute atomic E-state index is 13.4. The maximum Gasteiger partial charge on any atom is 0.416 e. The van der Waals surface area contributed by atoms with E-state index in [9.17, 15) is 32.7 Å². The number of nitrogens with one attached hydrogen (secondary N) is 1. The standard InChI is InChI=1S/C29H35F3N6O4/c30-29(31,32)21-7-5-19(6-8-21)27(41)26(24(39)16-18-15-20-3-1-2-4-23(20)36-17-18)37-28(42)22(35)9-10-25(40)38(13-11-33)14-12-34/h1-8,15,17,22,26-27,41H,9-14,16,33-35H2,(H,37,42)/t22-,26+,27+/m0/s1. The lowest BCUT2D eigenvalue weighted by Gasteiger charge is -2.26. The van der Waals surface area contributed by atoms with Crippen molar-refractivity contribution >= 4 is 28.5 Å². The van der Waals surface area contributed by atoms with E-state index in [1.165, 1.54) is 11.1 Å². The number of carbonyl (C=O) groups excluding carboxylic acids is 3. The van der Waals surface area contributed by atoms with Gasteiger partial charge in [0, 0.05) is 50.6 Å². The van der Waals surface area contributed by atoms with Gasteiger partial charge in [0.2, 0.25) is 11.8 Å². The summed E-state index contributed by atoms with van der Waals surface area (Å²) in [5, 5.41) is 14.3. The molecule has 3 rings (SSSR count). The van der Waals surface area contributed by atoms with Crippen molar-refractivity contribution in [2.24, 2.45) is 17.2 Å². The van der Waals surface area contributed by atoms with Crippen molar-refractivity contribution in [1.29, 1.82) is 0 Å². The van der Waals surface area contributed by atoms with Gasteiger partial charge in [-0.3, -0.25) is 19.4 Å². The zero-order chi connectivity index (χ0) is 30.9. The molecule has 10 nitrogen and oxygen atoms in total. The summed E-state index contributed by atoms with van der Waals surface area (Å²) in [6.07, 6.45) is -5.17. The molecule has 8 N–H and O–H groups in total. The van der Waals surface area contributed by atoms with Crippen molar-refractivity contribution in [1.82, 2.24) is 15.2 Å². The molecule has 0 saturated carbocycles. The van der Waals surface area contributed by atoms with E-state index >= 15 is 0 Å². The number of pyridine rings is 1. The first-order valence-electron chi connectivity index (χ1n) is 13.4. The van der Waals surface area contributed by atoms with E-state index < -0.39 is 41.6 Å². The van der Waals surface area contributed by atoms with Gasteiger partial charge in [0.05, 0.1) is 17.1 Å². The fourth-order valence-electron chi connectivity index (χ4n) is 4.42. The third kappa shape index (κ3) is 8.79. The van der Waals surface area contributed by atoms with E-state index in [1.54, 1.807) is 12.1 Å². The van der Waals surface area contributed by atoms with Gasteiger partial charge in [0.25, 0.3) is 0 Å². The van der Waals surface area contributed by atoms with Gasteiger partial charge >= 0.3 is 6.18 Å². The smallest absolute Gasteiger partial charge is 0.386 e. The lowest BCUT2D eigenvalue weighted by molar-refractivity contribution is -0.137. The van der Waals surface area contributed by atoms with Crippen LogP contribution in [0.5, 0.6) is 0 Å². The highest BCUT2D eigenvalue weighted by atomic mass is 19.4. The zero-order valence-electron chi connectivity index (χ0n) is 22.9. The van der Waals surface area contributed by atoms with E-state index in [4.69, 9.17) is 17.2 Å². The summed E-state index contributed by atoms with van der Waals surface area (Å²) in [6, 6.07) is 9.86. The molecule has 1 heterocycles. The molecule has 0 aliphatic heterocycles. The molecule has 0 aliphatic carbocycles. The van der Waals surface area contributed by atoms with Crippen LogP contribution in [-0.4, -0.2) is 70.9 Å². The van der Waals surface area contributed by atoms with Crippen LogP contribution < -0.4 is 22.5 Å². The zero-order valence-corrected chi connectivity index (χ0v) is 22.9. The van der Waals surface area contributed by atoms with Crippen LogP contribution in [0.15, 0.2) is 60.8 Å². The van der Waals surface area contributed by atoms with Crippen LogP contribution in [0.2, 0.25) is 0 Å². The molecule has 2 aromatic carbocycles. The van der Waals surface area contributed by atoms with Gasteiger partial charge in [-0.2, -0.15) is 13.2 Å². The van der Waals surface area contributed by atoms with Crippen LogP contribution in [-0.2, 0) is 27.0 Å². The molecule has 0 spiro atoms. The molecule has 0 unspecified atom stereocenters. The number of fused-ring (bicyclic) bond motifs is 1. The summed E-state index contributed by atoms with van der Waals surface area (Å²) in [7, 11) is 0. The highest BCUT2D eigenvalue weighted by molar-refractivity contribution is 5.93. The quantitative estimate of drug-likeness (QED) is 0.188. The highest BCUT2D eigenvalue weighted by Gasteiger charge is 2.33. The molecule has 0 radical (unpaired) electrons. The number of hydrogen-bond acceptors (Lipinski definition) is 8. The largest absolute Gasteiger partial charge is 0.416 e. The summed E-state index contributed by atoms with van der Waals surface area (Å²) in [6.45, 7) is 1.04. The molecule has 2 amide bonds. The predicted molar refractivity (Wildman–Crippen MR) is 151 cm³/mol. The Balaban J connectivity index is 1.79. The molecule has 13 heteroatoms. The van der Waals surface area contributed by atoms with Crippen molar-refractivity contribution in [3.63, 3.8) is 0 Å². The number of nitrogens with two attached hydrogens (primary N) is 3. The number of aliphatic hydroxyl groups is 1.